The summed E-state index contributed by atoms with van der Waals surface area (Å²) in [5, 5.41) is 3.26. The van der Waals surface area contributed by atoms with Crippen LogP contribution in [0, 0.1) is 5.82 Å². The number of nitrogens with one attached hydrogen (secondary N) is 3. The molecule has 1 heterocycles. The second-order valence-corrected chi connectivity index (χ2v) is 5.88. The van der Waals surface area contributed by atoms with Crippen molar-refractivity contribution in [3.8, 4) is 0 Å². The Morgan fingerprint density at radius 3 is 2.62 bits per heavy atom. The average Bonchev–Trinajstić information content (AvgIpc) is 3.01. The maximum absolute atomic E-state index is 12.9. The number of rotatable bonds is 6. The second-order valence-electron chi connectivity index (χ2n) is 5.88. The normalized spacial score (nSPS) is 12.4. The van der Waals surface area contributed by atoms with Crippen LogP contribution in [0.2, 0.25) is 0 Å². The lowest BCUT2D eigenvalue weighted by Crippen LogP contribution is -2.10. The molecule has 5 nitrogen and oxygen atoms in total. The lowest BCUT2D eigenvalue weighted by Gasteiger charge is -2.06. The number of imidazole rings is 1. The molecule has 26 heavy (non-hydrogen) atoms. The zero-order valence-electron chi connectivity index (χ0n) is 14.3. The first kappa shape index (κ1) is 17.4. The van der Waals surface area contributed by atoms with E-state index in [-0.39, 0.29) is 11.5 Å². The van der Waals surface area contributed by atoms with Crippen LogP contribution in [-0.2, 0) is 6.54 Å². The minimum atomic E-state index is -0.244. The van der Waals surface area contributed by atoms with E-state index in [9.17, 15) is 9.18 Å². The van der Waals surface area contributed by atoms with Crippen molar-refractivity contribution in [1.29, 1.82) is 0 Å². The molecular formula is C20H19FN4O. The van der Waals surface area contributed by atoms with Crippen molar-refractivity contribution in [1.82, 2.24) is 15.3 Å². The number of halogens is 1. The van der Waals surface area contributed by atoms with Crippen molar-refractivity contribution in [3.05, 3.63) is 87.7 Å². The van der Waals surface area contributed by atoms with Crippen LogP contribution in [-0.4, -0.2) is 16.7 Å². The van der Waals surface area contributed by atoms with Crippen molar-refractivity contribution >= 4 is 23.4 Å². The summed E-state index contributed by atoms with van der Waals surface area (Å²) in [4.78, 5) is 20.9. The van der Waals surface area contributed by atoms with Gasteiger partial charge in [0.1, 0.15) is 5.82 Å². The van der Waals surface area contributed by atoms with E-state index in [2.05, 4.69) is 27.0 Å². The largest absolute Gasteiger partial charge is 0.384 e. The molecule has 3 aromatic rings. The molecule has 0 radical (unpaired) electrons. The van der Waals surface area contributed by atoms with Crippen LogP contribution in [0.25, 0.3) is 16.7 Å². The SMILES string of the molecule is C=N/C(=C\C=C(/C)NCc1ccc(F)cc1)c1ccc2[nH]c(=O)[nH]c2c1. The highest BCUT2D eigenvalue weighted by Gasteiger charge is 2.03. The molecular weight excluding hydrogens is 331 g/mol. The van der Waals surface area contributed by atoms with Crippen LogP contribution < -0.4 is 11.0 Å². The topological polar surface area (TPSA) is 73.0 Å². The van der Waals surface area contributed by atoms with Gasteiger partial charge in [-0.25, -0.2) is 9.18 Å². The molecule has 0 saturated heterocycles. The number of aliphatic imine (C=N–C) groups is 1. The Bertz CT molecular complexity index is 1040. The molecule has 3 rings (SSSR count). The highest BCUT2D eigenvalue weighted by molar-refractivity contribution is 5.81. The zero-order valence-corrected chi connectivity index (χ0v) is 14.3. The summed E-state index contributed by atoms with van der Waals surface area (Å²) in [6, 6.07) is 11.9. The van der Waals surface area contributed by atoms with Gasteiger partial charge in [0, 0.05) is 17.8 Å². The first-order valence-corrected chi connectivity index (χ1v) is 8.11. The van der Waals surface area contributed by atoms with Crippen LogP contribution in [0.15, 0.2) is 70.1 Å². The van der Waals surface area contributed by atoms with Gasteiger partial charge in [-0.2, -0.15) is 0 Å². The summed E-state index contributed by atoms with van der Waals surface area (Å²) in [7, 11) is 0. The van der Waals surface area contributed by atoms with Crippen molar-refractivity contribution in [2.75, 3.05) is 0 Å². The first-order valence-electron chi connectivity index (χ1n) is 8.11. The lowest BCUT2D eigenvalue weighted by molar-refractivity contribution is 0.626. The fourth-order valence-corrected chi connectivity index (χ4v) is 2.54. The Morgan fingerprint density at radius 2 is 1.88 bits per heavy atom. The average molecular weight is 350 g/mol. The molecule has 0 spiro atoms. The molecule has 3 N–H and O–H groups in total. The third kappa shape index (κ3) is 4.16. The number of allylic oxidation sites excluding steroid dienone is 3. The summed E-state index contributed by atoms with van der Waals surface area (Å²) in [5.41, 5.74) is 4.70. The Hall–Kier alpha value is -3.41. The monoisotopic (exact) mass is 350 g/mol. The fraction of sp³-hybridized carbons (Fsp3) is 0.100. The fourth-order valence-electron chi connectivity index (χ4n) is 2.54. The van der Waals surface area contributed by atoms with E-state index in [0.717, 1.165) is 27.9 Å². The number of aromatic amines is 2. The maximum Gasteiger partial charge on any atom is 0.323 e. The molecule has 1 aromatic heterocycles. The van der Waals surface area contributed by atoms with Gasteiger partial charge in [-0.1, -0.05) is 18.2 Å². The van der Waals surface area contributed by atoms with Crippen molar-refractivity contribution in [2.45, 2.75) is 13.5 Å². The van der Waals surface area contributed by atoms with Gasteiger partial charge < -0.3 is 15.3 Å². The van der Waals surface area contributed by atoms with Gasteiger partial charge in [0.15, 0.2) is 0 Å². The minimum absolute atomic E-state index is 0.241. The number of H-pyrrole nitrogens is 2. The molecule has 0 aliphatic rings. The van der Waals surface area contributed by atoms with E-state index in [1.807, 2.05) is 37.3 Å². The Kier molecular flexibility index (Phi) is 5.12. The van der Waals surface area contributed by atoms with Crippen molar-refractivity contribution < 1.29 is 4.39 Å². The molecule has 0 saturated carbocycles. The number of hydrogen-bond acceptors (Lipinski definition) is 3. The van der Waals surface area contributed by atoms with Gasteiger partial charge in [-0.3, -0.25) is 4.99 Å². The molecule has 6 heteroatoms. The van der Waals surface area contributed by atoms with E-state index in [4.69, 9.17) is 0 Å². The summed E-state index contributed by atoms with van der Waals surface area (Å²) >= 11 is 0. The van der Waals surface area contributed by atoms with Crippen molar-refractivity contribution in [2.24, 2.45) is 4.99 Å². The number of benzene rings is 2. The minimum Gasteiger partial charge on any atom is -0.384 e. The van der Waals surface area contributed by atoms with Crippen LogP contribution in [0.3, 0.4) is 0 Å². The molecule has 132 valence electrons. The highest BCUT2D eigenvalue weighted by Crippen LogP contribution is 2.19. The molecule has 0 bridgehead atoms. The molecule has 0 aliphatic heterocycles. The van der Waals surface area contributed by atoms with Gasteiger partial charge >= 0.3 is 5.69 Å². The van der Waals surface area contributed by atoms with E-state index >= 15 is 0 Å². The van der Waals surface area contributed by atoms with Gasteiger partial charge in [0.25, 0.3) is 0 Å². The molecule has 0 aliphatic carbocycles. The third-order valence-electron chi connectivity index (χ3n) is 3.96. The van der Waals surface area contributed by atoms with Crippen LogP contribution in [0.1, 0.15) is 18.1 Å². The van der Waals surface area contributed by atoms with Crippen LogP contribution >= 0.6 is 0 Å². The van der Waals surface area contributed by atoms with Crippen LogP contribution in [0.5, 0.6) is 0 Å². The van der Waals surface area contributed by atoms with Gasteiger partial charge in [-0.05, 0) is 55.6 Å². The van der Waals surface area contributed by atoms with E-state index in [1.165, 1.54) is 12.1 Å². The Labute approximate surface area is 150 Å². The van der Waals surface area contributed by atoms with Gasteiger partial charge in [-0.15, -0.1) is 0 Å². The molecule has 0 amide bonds. The third-order valence-corrected chi connectivity index (χ3v) is 3.96. The highest BCUT2D eigenvalue weighted by atomic mass is 19.1. The Balaban J connectivity index is 1.74. The lowest BCUT2D eigenvalue weighted by atomic mass is 10.1. The van der Waals surface area contributed by atoms with Gasteiger partial charge in [0.05, 0.1) is 16.7 Å². The predicted molar refractivity (Wildman–Crippen MR) is 103 cm³/mol. The molecule has 0 fully saturated rings. The second kappa shape index (κ2) is 7.65. The smallest absolute Gasteiger partial charge is 0.323 e. The molecule has 0 atom stereocenters. The summed E-state index contributed by atoms with van der Waals surface area (Å²) in [6.45, 7) is 6.16. The maximum atomic E-state index is 12.9. The first-order chi connectivity index (χ1) is 12.5. The summed E-state index contributed by atoms with van der Waals surface area (Å²) in [6.07, 6.45) is 3.75. The van der Waals surface area contributed by atoms with Crippen LogP contribution in [0.4, 0.5) is 4.39 Å². The molecule has 0 unspecified atom stereocenters. The van der Waals surface area contributed by atoms with E-state index in [0.29, 0.717) is 12.2 Å². The Morgan fingerprint density at radius 1 is 1.15 bits per heavy atom. The summed E-state index contributed by atoms with van der Waals surface area (Å²) < 4.78 is 12.9. The van der Waals surface area contributed by atoms with E-state index < -0.39 is 0 Å². The number of fused-ring (bicyclic) bond motifs is 1. The molecule has 2 aromatic carbocycles. The predicted octanol–water partition coefficient (Wildman–Crippen LogP) is 3.73. The van der Waals surface area contributed by atoms with E-state index in [1.54, 1.807) is 12.1 Å². The zero-order chi connectivity index (χ0) is 18.5. The van der Waals surface area contributed by atoms with Crippen molar-refractivity contribution in [3.63, 3.8) is 0 Å². The standard InChI is InChI=1S/C20H19FN4O/c1-13(23-12-14-4-7-16(21)8-5-14)3-9-17(22-2)15-6-10-18-19(11-15)25-20(26)24-18/h3-11,23H,2,12H2,1H3,(H2,24,25,26)/b13-3+,17-9-. The quantitative estimate of drug-likeness (QED) is 0.468. The number of aromatic nitrogens is 2. The number of nitrogens with zero attached hydrogens (tertiary/aromatic N) is 1. The van der Waals surface area contributed by atoms with Gasteiger partial charge in [0.2, 0.25) is 0 Å². The summed E-state index contributed by atoms with van der Waals surface area (Å²) in [5.74, 6) is -0.244. The number of hydrogen-bond donors (Lipinski definition) is 3.